The molecule has 1 aliphatic rings. The molecule has 1 aromatic rings. The maximum absolute atomic E-state index is 13.4. The highest BCUT2D eigenvalue weighted by molar-refractivity contribution is 5.94. The summed E-state index contributed by atoms with van der Waals surface area (Å²) in [7, 11) is 0. The lowest BCUT2D eigenvalue weighted by atomic mass is 10.1. The molecule has 1 aromatic carbocycles. The first kappa shape index (κ1) is 12.0. The van der Waals surface area contributed by atoms with Crippen molar-refractivity contribution in [1.82, 2.24) is 4.90 Å². The normalized spacial score (nSPS) is 19.7. The summed E-state index contributed by atoms with van der Waals surface area (Å²) in [5.74, 6) is -1.49. The average Bonchev–Trinajstić information content (AvgIpc) is 2.80. The Bertz CT molecular complexity index is 437. The molecule has 0 aromatic heterocycles. The van der Waals surface area contributed by atoms with Gasteiger partial charge in [-0.15, -0.1) is 0 Å². The smallest absolute Gasteiger partial charge is 0.256 e. The van der Waals surface area contributed by atoms with E-state index in [1.807, 2.05) is 0 Å². The first-order valence-corrected chi connectivity index (χ1v) is 5.56. The van der Waals surface area contributed by atoms with E-state index in [0.717, 1.165) is 24.6 Å². The minimum atomic E-state index is -0.687. The van der Waals surface area contributed by atoms with Crippen molar-refractivity contribution in [2.75, 3.05) is 19.6 Å². The van der Waals surface area contributed by atoms with E-state index in [9.17, 15) is 13.6 Å². The number of benzene rings is 1. The molecule has 0 bridgehead atoms. The van der Waals surface area contributed by atoms with Crippen LogP contribution in [0.5, 0.6) is 0 Å². The Labute approximate surface area is 98.2 Å². The Balaban J connectivity index is 2.17. The molecule has 5 heteroatoms. The molecule has 1 amide bonds. The van der Waals surface area contributed by atoms with Crippen molar-refractivity contribution in [2.24, 2.45) is 11.7 Å². The molecule has 2 rings (SSSR count). The fraction of sp³-hybridized carbons (Fsp3) is 0.417. The van der Waals surface area contributed by atoms with E-state index in [-0.39, 0.29) is 11.5 Å². The Morgan fingerprint density at radius 3 is 2.88 bits per heavy atom. The third kappa shape index (κ3) is 2.44. The van der Waals surface area contributed by atoms with E-state index < -0.39 is 17.5 Å². The molecule has 0 saturated carbocycles. The second-order valence-electron chi connectivity index (χ2n) is 4.27. The van der Waals surface area contributed by atoms with Gasteiger partial charge in [0.1, 0.15) is 11.6 Å². The lowest BCUT2D eigenvalue weighted by Crippen LogP contribution is -2.30. The Kier molecular flexibility index (Phi) is 3.38. The number of carbonyl (C=O) groups excluding carboxylic acids is 1. The van der Waals surface area contributed by atoms with Crippen LogP contribution in [0, 0.1) is 17.6 Å². The molecule has 2 N–H and O–H groups in total. The molecular weight excluding hydrogens is 226 g/mol. The molecule has 1 fully saturated rings. The largest absolute Gasteiger partial charge is 0.338 e. The van der Waals surface area contributed by atoms with Gasteiger partial charge in [0.15, 0.2) is 0 Å². The SMILES string of the molecule is NC[C@@H]1CCN(C(=O)c2cc(F)ccc2F)C1. The highest BCUT2D eigenvalue weighted by Crippen LogP contribution is 2.19. The number of nitrogens with zero attached hydrogens (tertiary/aromatic N) is 1. The molecular formula is C12H14F2N2O. The van der Waals surface area contributed by atoms with Crippen LogP contribution >= 0.6 is 0 Å². The van der Waals surface area contributed by atoms with Crippen molar-refractivity contribution in [3.63, 3.8) is 0 Å². The number of amides is 1. The molecule has 1 atom stereocenters. The fourth-order valence-electron chi connectivity index (χ4n) is 2.04. The highest BCUT2D eigenvalue weighted by Gasteiger charge is 2.27. The van der Waals surface area contributed by atoms with Gasteiger partial charge in [-0.3, -0.25) is 4.79 Å². The predicted molar refractivity (Wildman–Crippen MR) is 59.4 cm³/mol. The zero-order chi connectivity index (χ0) is 12.4. The van der Waals surface area contributed by atoms with Gasteiger partial charge in [-0.25, -0.2) is 8.78 Å². The van der Waals surface area contributed by atoms with Gasteiger partial charge in [0.05, 0.1) is 5.56 Å². The molecule has 0 unspecified atom stereocenters. The topological polar surface area (TPSA) is 46.3 Å². The van der Waals surface area contributed by atoms with E-state index in [1.54, 1.807) is 0 Å². The summed E-state index contributed by atoms with van der Waals surface area (Å²) in [6, 6.07) is 2.91. The number of hydrogen-bond donors (Lipinski definition) is 1. The first-order valence-electron chi connectivity index (χ1n) is 5.56. The molecule has 1 saturated heterocycles. The molecule has 0 radical (unpaired) electrons. The van der Waals surface area contributed by atoms with Crippen molar-refractivity contribution >= 4 is 5.91 Å². The van der Waals surface area contributed by atoms with Crippen LogP contribution in [0.2, 0.25) is 0 Å². The van der Waals surface area contributed by atoms with Crippen molar-refractivity contribution in [3.8, 4) is 0 Å². The number of carbonyl (C=O) groups is 1. The van der Waals surface area contributed by atoms with Crippen LogP contribution in [-0.2, 0) is 0 Å². The summed E-state index contributed by atoms with van der Waals surface area (Å²) < 4.78 is 26.4. The van der Waals surface area contributed by atoms with Gasteiger partial charge < -0.3 is 10.6 Å². The molecule has 3 nitrogen and oxygen atoms in total. The molecule has 0 aliphatic carbocycles. The number of hydrogen-bond acceptors (Lipinski definition) is 2. The second-order valence-corrected chi connectivity index (χ2v) is 4.27. The summed E-state index contributed by atoms with van der Waals surface area (Å²) in [6.07, 6.45) is 0.819. The van der Waals surface area contributed by atoms with E-state index in [2.05, 4.69) is 0 Å². The Morgan fingerprint density at radius 1 is 1.47 bits per heavy atom. The van der Waals surface area contributed by atoms with Crippen LogP contribution in [0.15, 0.2) is 18.2 Å². The van der Waals surface area contributed by atoms with Crippen LogP contribution in [0.1, 0.15) is 16.8 Å². The third-order valence-electron chi connectivity index (χ3n) is 3.07. The number of rotatable bonds is 2. The van der Waals surface area contributed by atoms with E-state index in [4.69, 9.17) is 5.73 Å². The van der Waals surface area contributed by atoms with Crippen molar-refractivity contribution in [2.45, 2.75) is 6.42 Å². The van der Waals surface area contributed by atoms with Gasteiger partial charge in [0.2, 0.25) is 0 Å². The summed E-state index contributed by atoms with van der Waals surface area (Å²) in [4.78, 5) is 13.5. The first-order chi connectivity index (χ1) is 8.11. The van der Waals surface area contributed by atoms with Crippen LogP contribution in [0.4, 0.5) is 8.78 Å². The van der Waals surface area contributed by atoms with Crippen molar-refractivity contribution in [1.29, 1.82) is 0 Å². The summed E-state index contributed by atoms with van der Waals surface area (Å²) in [5, 5.41) is 0. The molecule has 17 heavy (non-hydrogen) atoms. The zero-order valence-electron chi connectivity index (χ0n) is 9.33. The lowest BCUT2D eigenvalue weighted by Gasteiger charge is -2.16. The highest BCUT2D eigenvalue weighted by atomic mass is 19.1. The standard InChI is InChI=1S/C12H14F2N2O/c13-9-1-2-11(14)10(5-9)12(17)16-4-3-8(6-15)7-16/h1-2,5,8H,3-4,6-7,15H2/t8-/m0/s1. The van der Waals surface area contributed by atoms with Gasteiger partial charge >= 0.3 is 0 Å². The monoisotopic (exact) mass is 240 g/mol. The van der Waals surface area contributed by atoms with Crippen LogP contribution in [0.3, 0.4) is 0 Å². The van der Waals surface area contributed by atoms with Gasteiger partial charge in [0, 0.05) is 13.1 Å². The van der Waals surface area contributed by atoms with Gasteiger partial charge in [0.25, 0.3) is 5.91 Å². The van der Waals surface area contributed by atoms with E-state index in [0.29, 0.717) is 19.6 Å². The second kappa shape index (κ2) is 4.79. The fourth-order valence-corrected chi connectivity index (χ4v) is 2.04. The third-order valence-corrected chi connectivity index (χ3v) is 3.07. The maximum Gasteiger partial charge on any atom is 0.256 e. The Hall–Kier alpha value is -1.49. The lowest BCUT2D eigenvalue weighted by molar-refractivity contribution is 0.0782. The van der Waals surface area contributed by atoms with E-state index >= 15 is 0 Å². The van der Waals surface area contributed by atoms with Crippen LogP contribution < -0.4 is 5.73 Å². The zero-order valence-corrected chi connectivity index (χ0v) is 9.33. The Morgan fingerprint density at radius 2 is 2.24 bits per heavy atom. The summed E-state index contributed by atoms with van der Waals surface area (Å²) in [5.41, 5.74) is 5.31. The van der Waals surface area contributed by atoms with Gasteiger partial charge in [-0.05, 0) is 37.1 Å². The average molecular weight is 240 g/mol. The maximum atomic E-state index is 13.4. The van der Waals surface area contributed by atoms with Crippen molar-refractivity contribution in [3.05, 3.63) is 35.4 Å². The number of halogens is 2. The van der Waals surface area contributed by atoms with Gasteiger partial charge in [-0.1, -0.05) is 0 Å². The van der Waals surface area contributed by atoms with Crippen LogP contribution in [-0.4, -0.2) is 30.4 Å². The number of likely N-dealkylation sites (tertiary alicyclic amines) is 1. The van der Waals surface area contributed by atoms with Crippen LogP contribution in [0.25, 0.3) is 0 Å². The number of nitrogens with two attached hydrogens (primary N) is 1. The van der Waals surface area contributed by atoms with Gasteiger partial charge in [-0.2, -0.15) is 0 Å². The van der Waals surface area contributed by atoms with Crippen molar-refractivity contribution < 1.29 is 13.6 Å². The quantitative estimate of drug-likeness (QED) is 0.849. The molecule has 92 valence electrons. The summed E-state index contributed by atoms with van der Waals surface area (Å²) in [6.45, 7) is 1.58. The molecule has 1 heterocycles. The molecule has 1 aliphatic heterocycles. The predicted octanol–water partition coefficient (Wildman–Crippen LogP) is 1.39. The minimum absolute atomic E-state index is 0.206. The van der Waals surface area contributed by atoms with E-state index in [1.165, 1.54) is 4.90 Å². The summed E-state index contributed by atoms with van der Waals surface area (Å²) >= 11 is 0. The molecule has 0 spiro atoms. The minimum Gasteiger partial charge on any atom is -0.338 e.